The Morgan fingerprint density at radius 2 is 1.93 bits per heavy atom. The Kier molecular flexibility index (Phi) is 7.74. The van der Waals surface area contributed by atoms with Gasteiger partial charge in [-0.15, -0.1) is 0 Å². The normalized spacial score (nSPS) is 11.1. The number of nitriles is 1. The number of benzene rings is 2. The fourth-order valence-corrected chi connectivity index (χ4v) is 3.43. The summed E-state index contributed by atoms with van der Waals surface area (Å²) in [5.41, 5.74) is 4.34. The van der Waals surface area contributed by atoms with Crippen LogP contribution >= 0.6 is 0 Å². The summed E-state index contributed by atoms with van der Waals surface area (Å²) in [7, 11) is -3.65. The van der Waals surface area contributed by atoms with Crippen LogP contribution in [0.3, 0.4) is 0 Å². The third-order valence-electron chi connectivity index (χ3n) is 3.92. The minimum absolute atomic E-state index is 0.0402. The molecule has 0 aliphatic carbocycles. The molecule has 0 aliphatic rings. The third kappa shape index (κ3) is 6.62. The van der Waals surface area contributed by atoms with Crippen molar-refractivity contribution in [1.29, 1.82) is 5.26 Å². The van der Waals surface area contributed by atoms with Gasteiger partial charge in [0, 0.05) is 0 Å². The summed E-state index contributed by atoms with van der Waals surface area (Å²) in [5.74, 6) is -0.0160. The van der Waals surface area contributed by atoms with Crippen LogP contribution in [0.15, 0.2) is 53.6 Å². The Labute approximate surface area is 170 Å². The molecule has 0 saturated carbocycles. The first-order chi connectivity index (χ1) is 13.8. The predicted octanol–water partition coefficient (Wildman–Crippen LogP) is 2.07. The van der Waals surface area contributed by atoms with E-state index in [1.165, 1.54) is 6.21 Å². The van der Waals surface area contributed by atoms with Crippen LogP contribution in [0.5, 0.6) is 5.75 Å². The number of hydrazone groups is 1. The fourth-order valence-electron chi connectivity index (χ4n) is 2.54. The summed E-state index contributed by atoms with van der Waals surface area (Å²) >= 11 is 0. The molecule has 1 amide bonds. The molecule has 2 rings (SSSR count). The quantitative estimate of drug-likeness (QED) is 0.499. The Morgan fingerprint density at radius 3 is 2.55 bits per heavy atom. The highest BCUT2D eigenvalue weighted by Crippen LogP contribution is 2.23. The molecule has 0 spiro atoms. The summed E-state index contributed by atoms with van der Waals surface area (Å²) in [6.07, 6.45) is 3.12. The highest BCUT2D eigenvalue weighted by Gasteiger charge is 2.22. The lowest BCUT2D eigenvalue weighted by Gasteiger charge is -2.23. The lowest BCUT2D eigenvalue weighted by atomic mass is 10.1. The zero-order chi connectivity index (χ0) is 21.3. The van der Waals surface area contributed by atoms with Crippen molar-refractivity contribution >= 4 is 27.8 Å². The zero-order valence-electron chi connectivity index (χ0n) is 16.2. The van der Waals surface area contributed by atoms with Crippen LogP contribution in [-0.2, 0) is 21.2 Å². The van der Waals surface area contributed by atoms with Crippen molar-refractivity contribution in [2.24, 2.45) is 5.10 Å². The molecule has 1 N–H and O–H groups in total. The lowest BCUT2D eigenvalue weighted by molar-refractivity contribution is -0.119. The maximum absolute atomic E-state index is 12.3. The van der Waals surface area contributed by atoms with Gasteiger partial charge in [-0.3, -0.25) is 9.10 Å². The molecule has 0 saturated heterocycles. The van der Waals surface area contributed by atoms with Crippen LogP contribution < -0.4 is 14.5 Å². The number of nitrogens with one attached hydrogen (secondary N) is 1. The van der Waals surface area contributed by atoms with Crippen molar-refractivity contribution in [3.63, 3.8) is 0 Å². The summed E-state index contributed by atoms with van der Waals surface area (Å²) in [4.78, 5) is 12.3. The number of sulfonamides is 1. The number of hydrogen-bond donors (Lipinski definition) is 1. The monoisotopic (exact) mass is 414 g/mol. The Hall–Kier alpha value is -3.38. The van der Waals surface area contributed by atoms with Crippen molar-refractivity contribution in [2.45, 2.75) is 13.3 Å². The van der Waals surface area contributed by atoms with Gasteiger partial charge in [-0.05, 0) is 47.9 Å². The number of nitrogens with zero attached hydrogens (tertiary/aromatic N) is 3. The first kappa shape index (κ1) is 21.9. The summed E-state index contributed by atoms with van der Waals surface area (Å²) in [6, 6.07) is 15.7. The smallest absolute Gasteiger partial charge is 0.260 e. The van der Waals surface area contributed by atoms with E-state index in [0.29, 0.717) is 23.4 Å². The van der Waals surface area contributed by atoms with Gasteiger partial charge in [-0.2, -0.15) is 10.4 Å². The van der Waals surface area contributed by atoms with E-state index >= 15 is 0 Å². The van der Waals surface area contributed by atoms with Crippen LogP contribution in [0.4, 0.5) is 5.69 Å². The maximum Gasteiger partial charge on any atom is 0.260 e. The van der Waals surface area contributed by atoms with Crippen molar-refractivity contribution in [3.05, 3.63) is 59.7 Å². The van der Waals surface area contributed by atoms with Gasteiger partial charge in [0.25, 0.3) is 5.91 Å². The molecule has 8 nitrogen and oxygen atoms in total. The van der Waals surface area contributed by atoms with E-state index in [9.17, 15) is 13.2 Å². The van der Waals surface area contributed by atoms with Crippen molar-refractivity contribution in [3.8, 4) is 11.8 Å². The SMILES string of the molecule is CCc1ccccc1N(CC(=O)N/N=C/c1ccc(OCC#N)cc1)S(C)(=O)=O. The van der Waals surface area contributed by atoms with Gasteiger partial charge in [0.05, 0.1) is 18.2 Å². The van der Waals surface area contributed by atoms with Crippen LogP contribution in [0.1, 0.15) is 18.1 Å². The van der Waals surface area contributed by atoms with Crippen molar-refractivity contribution < 1.29 is 17.9 Å². The second-order valence-corrected chi connectivity index (χ2v) is 7.97. The molecule has 0 aromatic heterocycles. The lowest BCUT2D eigenvalue weighted by Crippen LogP contribution is -2.39. The average molecular weight is 414 g/mol. The molecular weight excluding hydrogens is 392 g/mol. The molecule has 2 aromatic carbocycles. The summed E-state index contributed by atoms with van der Waals surface area (Å²) in [6.45, 7) is 1.50. The van der Waals surface area contributed by atoms with E-state index in [1.807, 2.05) is 25.1 Å². The number of amides is 1. The molecule has 0 atom stereocenters. The largest absolute Gasteiger partial charge is 0.479 e. The molecule has 0 aliphatic heterocycles. The molecule has 0 heterocycles. The number of carbonyl (C=O) groups is 1. The van der Waals surface area contributed by atoms with Crippen molar-refractivity contribution in [1.82, 2.24) is 5.43 Å². The third-order valence-corrected chi connectivity index (χ3v) is 5.04. The standard InChI is InChI=1S/C20H22N4O4S/c1-3-17-6-4-5-7-19(17)24(29(2,26)27)15-20(25)23-22-14-16-8-10-18(11-9-16)28-13-12-21/h4-11,14H,3,13,15H2,1-2H3,(H,23,25)/b22-14+. The Balaban J connectivity index is 2.04. The number of hydrogen-bond acceptors (Lipinski definition) is 6. The summed E-state index contributed by atoms with van der Waals surface area (Å²) < 4.78 is 30.6. The highest BCUT2D eigenvalue weighted by atomic mass is 32.2. The maximum atomic E-state index is 12.3. The second kappa shape index (κ2) is 10.2. The fraction of sp³-hybridized carbons (Fsp3) is 0.250. The van der Waals surface area contributed by atoms with Gasteiger partial charge >= 0.3 is 0 Å². The molecule has 0 unspecified atom stereocenters. The first-order valence-corrected chi connectivity index (χ1v) is 10.7. The van der Waals surface area contributed by atoms with Crippen LogP contribution in [-0.4, -0.2) is 39.9 Å². The van der Waals surface area contributed by atoms with E-state index < -0.39 is 15.9 Å². The molecule has 0 bridgehead atoms. The van der Waals surface area contributed by atoms with Gasteiger partial charge in [0.1, 0.15) is 18.4 Å². The van der Waals surface area contributed by atoms with E-state index in [4.69, 9.17) is 10.00 Å². The minimum atomic E-state index is -3.65. The van der Waals surface area contributed by atoms with Gasteiger partial charge in [-0.25, -0.2) is 13.8 Å². The average Bonchev–Trinajstić information content (AvgIpc) is 2.70. The minimum Gasteiger partial charge on any atom is -0.479 e. The van der Waals surface area contributed by atoms with E-state index in [0.717, 1.165) is 16.1 Å². The van der Waals surface area contributed by atoms with Gasteiger partial charge < -0.3 is 4.74 Å². The van der Waals surface area contributed by atoms with E-state index in [-0.39, 0.29) is 13.2 Å². The molecule has 2 aromatic rings. The number of ether oxygens (including phenoxy) is 1. The topological polar surface area (TPSA) is 112 Å². The molecule has 29 heavy (non-hydrogen) atoms. The number of aryl methyl sites for hydroxylation is 1. The number of rotatable bonds is 9. The molecule has 0 fully saturated rings. The molecule has 152 valence electrons. The van der Waals surface area contributed by atoms with E-state index in [1.54, 1.807) is 36.4 Å². The molecule has 0 radical (unpaired) electrons. The number of para-hydroxylation sites is 1. The molecular formula is C20H22N4O4S. The number of anilines is 1. The van der Waals surface area contributed by atoms with E-state index in [2.05, 4.69) is 10.5 Å². The first-order valence-electron chi connectivity index (χ1n) is 8.82. The van der Waals surface area contributed by atoms with Crippen molar-refractivity contribution in [2.75, 3.05) is 23.7 Å². The number of carbonyl (C=O) groups excluding carboxylic acids is 1. The van der Waals surface area contributed by atoms with Gasteiger partial charge in [0.15, 0.2) is 6.61 Å². The Bertz CT molecular complexity index is 1010. The Morgan fingerprint density at radius 1 is 1.24 bits per heavy atom. The molecule has 9 heteroatoms. The van der Waals surface area contributed by atoms with Crippen LogP contribution in [0.25, 0.3) is 0 Å². The zero-order valence-corrected chi connectivity index (χ0v) is 17.0. The van der Waals surface area contributed by atoms with Crippen LogP contribution in [0, 0.1) is 11.3 Å². The van der Waals surface area contributed by atoms with Gasteiger partial charge in [-0.1, -0.05) is 25.1 Å². The second-order valence-electron chi connectivity index (χ2n) is 6.06. The highest BCUT2D eigenvalue weighted by molar-refractivity contribution is 7.92. The van der Waals surface area contributed by atoms with Crippen LogP contribution in [0.2, 0.25) is 0 Å². The summed E-state index contributed by atoms with van der Waals surface area (Å²) in [5, 5.41) is 12.4. The predicted molar refractivity (Wildman–Crippen MR) is 111 cm³/mol. The van der Waals surface area contributed by atoms with Gasteiger partial charge in [0.2, 0.25) is 10.0 Å².